The minimum atomic E-state index is -0.838. The summed E-state index contributed by atoms with van der Waals surface area (Å²) in [6.45, 7) is 6.12. The van der Waals surface area contributed by atoms with Gasteiger partial charge in [0.05, 0.1) is 6.04 Å². The van der Waals surface area contributed by atoms with Gasteiger partial charge in [-0.3, -0.25) is 10.2 Å². The molecular weight excluding hydrogens is 352 g/mol. The number of nitro groups is 1. The molecule has 10 heteroatoms. The number of carbonyl (C=O) groups excluding carboxylic acids is 2. The minimum absolute atomic E-state index is 0.262. The summed E-state index contributed by atoms with van der Waals surface area (Å²) in [4.78, 5) is 35.8. The van der Waals surface area contributed by atoms with Crippen LogP contribution in [0.3, 0.4) is 0 Å². The lowest BCUT2D eigenvalue weighted by Gasteiger charge is -2.21. The number of rotatable bonds is 11. The van der Waals surface area contributed by atoms with E-state index in [1.807, 2.05) is 12.1 Å². The molecule has 0 aliphatic carbocycles. The van der Waals surface area contributed by atoms with Crippen LogP contribution in [0.25, 0.3) is 0 Å². The Morgan fingerprint density at radius 3 is 2.44 bits per heavy atom. The van der Waals surface area contributed by atoms with Gasteiger partial charge in [-0.05, 0) is 51.0 Å². The van der Waals surface area contributed by atoms with Gasteiger partial charge in [0, 0.05) is 30.9 Å². The van der Waals surface area contributed by atoms with Gasteiger partial charge in [0.1, 0.15) is 6.29 Å². The monoisotopic (exact) mass is 378 g/mol. The molecule has 0 heterocycles. The fraction of sp³-hybridized carbons (Fsp3) is 0.471. The number of guanidine groups is 1. The Bertz CT molecular complexity index is 645. The first-order valence-electron chi connectivity index (χ1n) is 8.75. The van der Waals surface area contributed by atoms with Crippen molar-refractivity contribution in [3.8, 4) is 0 Å². The molecule has 0 spiro atoms. The van der Waals surface area contributed by atoms with E-state index in [1.54, 1.807) is 17.6 Å². The Hall–Kier alpha value is -3.17. The molecule has 1 amide bonds. The van der Waals surface area contributed by atoms with Crippen LogP contribution in [0.2, 0.25) is 0 Å². The number of carbonyl (C=O) groups is 2. The van der Waals surface area contributed by atoms with Gasteiger partial charge in [0.25, 0.3) is 11.9 Å². The van der Waals surface area contributed by atoms with Crippen LogP contribution in [-0.4, -0.2) is 48.9 Å². The van der Waals surface area contributed by atoms with Gasteiger partial charge in [-0.25, -0.2) is 10.1 Å². The van der Waals surface area contributed by atoms with Crippen molar-refractivity contribution < 1.29 is 14.6 Å². The van der Waals surface area contributed by atoms with Crippen LogP contribution in [0.15, 0.2) is 24.3 Å². The zero-order chi connectivity index (χ0) is 20.2. The highest BCUT2D eigenvalue weighted by molar-refractivity contribution is 5.95. The van der Waals surface area contributed by atoms with Gasteiger partial charge in [-0.15, -0.1) is 0 Å². The number of nitrogens with zero attached hydrogens (tertiary/aromatic N) is 2. The number of amides is 1. The second kappa shape index (κ2) is 11.4. The third-order valence-corrected chi connectivity index (χ3v) is 3.94. The maximum absolute atomic E-state index is 12.3. The fourth-order valence-electron chi connectivity index (χ4n) is 2.50. The molecule has 0 fully saturated rings. The van der Waals surface area contributed by atoms with Crippen LogP contribution >= 0.6 is 0 Å². The van der Waals surface area contributed by atoms with Crippen molar-refractivity contribution in [3.05, 3.63) is 39.9 Å². The fourth-order valence-corrected chi connectivity index (χ4v) is 2.50. The minimum Gasteiger partial charge on any atom is -0.372 e. The van der Waals surface area contributed by atoms with E-state index in [-0.39, 0.29) is 12.5 Å². The zero-order valence-corrected chi connectivity index (χ0v) is 15.5. The Morgan fingerprint density at radius 2 is 1.93 bits per heavy atom. The van der Waals surface area contributed by atoms with E-state index in [4.69, 9.17) is 5.41 Å². The predicted octanol–water partition coefficient (Wildman–Crippen LogP) is 0.916. The first kappa shape index (κ1) is 21.9. The molecule has 27 heavy (non-hydrogen) atoms. The quantitative estimate of drug-likeness (QED) is 0.112. The van der Waals surface area contributed by atoms with Crippen LogP contribution in [0.4, 0.5) is 5.69 Å². The summed E-state index contributed by atoms with van der Waals surface area (Å²) in [6.07, 6.45) is 1.46. The van der Waals surface area contributed by atoms with Crippen molar-refractivity contribution in [2.45, 2.75) is 32.7 Å². The second-order valence-electron chi connectivity index (χ2n) is 5.75. The van der Waals surface area contributed by atoms with E-state index in [1.165, 1.54) is 0 Å². The van der Waals surface area contributed by atoms with Gasteiger partial charge < -0.3 is 20.3 Å². The number of anilines is 1. The van der Waals surface area contributed by atoms with Crippen molar-refractivity contribution in [2.24, 2.45) is 0 Å². The lowest BCUT2D eigenvalue weighted by molar-refractivity contribution is -0.525. The zero-order valence-electron chi connectivity index (χ0n) is 15.5. The predicted molar refractivity (Wildman–Crippen MR) is 102 cm³/mol. The topological polar surface area (TPSA) is 140 Å². The lowest BCUT2D eigenvalue weighted by Crippen LogP contribution is -2.41. The number of nitrogens with one attached hydrogen (secondary N) is 4. The van der Waals surface area contributed by atoms with Crippen LogP contribution in [-0.2, 0) is 4.79 Å². The summed E-state index contributed by atoms with van der Waals surface area (Å²) in [5, 5.41) is 21.7. The highest BCUT2D eigenvalue weighted by Crippen LogP contribution is 2.15. The van der Waals surface area contributed by atoms with E-state index in [2.05, 4.69) is 29.4 Å². The molecule has 1 unspecified atom stereocenters. The van der Waals surface area contributed by atoms with Crippen molar-refractivity contribution in [1.82, 2.24) is 16.1 Å². The maximum atomic E-state index is 12.3. The molecule has 0 radical (unpaired) electrons. The molecular formula is C17H26N6O4. The molecule has 4 N–H and O–H groups in total. The highest BCUT2D eigenvalue weighted by atomic mass is 16.7. The molecule has 0 bridgehead atoms. The van der Waals surface area contributed by atoms with Gasteiger partial charge in [-0.1, -0.05) is 5.43 Å². The molecule has 0 aliphatic heterocycles. The molecule has 0 aromatic heterocycles. The maximum Gasteiger partial charge on any atom is 0.251 e. The molecule has 148 valence electrons. The highest BCUT2D eigenvalue weighted by Gasteiger charge is 2.13. The van der Waals surface area contributed by atoms with Crippen molar-refractivity contribution in [3.63, 3.8) is 0 Å². The van der Waals surface area contributed by atoms with Crippen LogP contribution in [0, 0.1) is 15.5 Å². The van der Waals surface area contributed by atoms with E-state index < -0.39 is 17.0 Å². The summed E-state index contributed by atoms with van der Waals surface area (Å²) in [5.74, 6) is -0.770. The number of hydrogen-bond acceptors (Lipinski definition) is 6. The molecule has 1 aromatic carbocycles. The largest absolute Gasteiger partial charge is 0.372 e. The number of aldehydes is 1. The average molecular weight is 378 g/mol. The Labute approximate surface area is 157 Å². The van der Waals surface area contributed by atoms with Crippen LogP contribution in [0.1, 0.15) is 37.0 Å². The van der Waals surface area contributed by atoms with E-state index in [0.717, 1.165) is 18.8 Å². The van der Waals surface area contributed by atoms with Crippen molar-refractivity contribution in [2.75, 3.05) is 24.5 Å². The Morgan fingerprint density at radius 1 is 1.30 bits per heavy atom. The summed E-state index contributed by atoms with van der Waals surface area (Å²) >= 11 is 0. The lowest BCUT2D eigenvalue weighted by atomic mass is 10.1. The van der Waals surface area contributed by atoms with Crippen molar-refractivity contribution >= 4 is 23.8 Å². The number of hydrazine groups is 1. The van der Waals surface area contributed by atoms with Gasteiger partial charge in [-0.2, -0.15) is 0 Å². The van der Waals surface area contributed by atoms with Crippen molar-refractivity contribution in [1.29, 1.82) is 5.41 Å². The third kappa shape index (κ3) is 7.72. The van der Waals surface area contributed by atoms with E-state index >= 15 is 0 Å². The first-order chi connectivity index (χ1) is 12.9. The molecule has 0 aliphatic rings. The molecule has 1 aromatic rings. The van der Waals surface area contributed by atoms with Crippen LogP contribution in [0.5, 0.6) is 0 Å². The second-order valence-corrected chi connectivity index (χ2v) is 5.75. The molecule has 0 saturated carbocycles. The summed E-state index contributed by atoms with van der Waals surface area (Å²) < 4.78 is 0. The summed E-state index contributed by atoms with van der Waals surface area (Å²) in [6, 6.07) is 6.51. The molecule has 0 saturated heterocycles. The van der Waals surface area contributed by atoms with Gasteiger partial charge >= 0.3 is 0 Å². The van der Waals surface area contributed by atoms with E-state index in [0.29, 0.717) is 24.7 Å². The Balaban J connectivity index is 2.47. The van der Waals surface area contributed by atoms with Gasteiger partial charge in [0.15, 0.2) is 5.03 Å². The molecule has 1 atom stereocenters. The Kier molecular flexibility index (Phi) is 9.27. The number of benzene rings is 1. The normalized spacial score (nSPS) is 11.2. The average Bonchev–Trinajstić information content (AvgIpc) is 2.65. The number of hydrogen-bond donors (Lipinski definition) is 4. The summed E-state index contributed by atoms with van der Waals surface area (Å²) in [5.41, 5.74) is 3.16. The first-order valence-corrected chi connectivity index (χ1v) is 8.75. The van der Waals surface area contributed by atoms with Crippen LogP contribution < -0.4 is 21.0 Å². The SMILES string of the molecule is CCN(CC)c1ccc(C(=O)NC(C=O)CCCNC(=N)N[N+](=O)[O-])cc1. The standard InChI is InChI=1S/C17H26N6O4/c1-3-22(4-2)15-9-7-13(8-10-15)16(25)20-14(12-24)6-5-11-19-17(18)21-23(26)27/h7-10,12,14H,3-6,11H2,1-2H3,(H,20,25)(H3,18,19,21). The third-order valence-electron chi connectivity index (χ3n) is 3.94. The molecule has 10 nitrogen and oxygen atoms in total. The molecule has 1 rings (SSSR count). The smallest absolute Gasteiger partial charge is 0.251 e. The van der Waals surface area contributed by atoms with E-state index in [9.17, 15) is 19.7 Å². The van der Waals surface area contributed by atoms with Gasteiger partial charge in [0.2, 0.25) is 0 Å². The summed E-state index contributed by atoms with van der Waals surface area (Å²) in [7, 11) is 0.